The van der Waals surface area contributed by atoms with Crippen molar-refractivity contribution >= 4 is 27.5 Å². The molecule has 0 unspecified atom stereocenters. The highest BCUT2D eigenvalue weighted by molar-refractivity contribution is 9.10. The fourth-order valence-corrected chi connectivity index (χ4v) is 4.84. The first-order valence-electron chi connectivity index (χ1n) is 9.51. The van der Waals surface area contributed by atoms with Crippen molar-refractivity contribution in [3.63, 3.8) is 0 Å². The van der Waals surface area contributed by atoms with Gasteiger partial charge in [0.1, 0.15) is 0 Å². The summed E-state index contributed by atoms with van der Waals surface area (Å²) in [5.74, 6) is 1.00. The molecule has 2 N–H and O–H groups in total. The van der Waals surface area contributed by atoms with Gasteiger partial charge in [-0.15, -0.1) is 0 Å². The van der Waals surface area contributed by atoms with Crippen LogP contribution in [0.2, 0.25) is 0 Å². The molecule has 0 radical (unpaired) electrons. The zero-order valence-corrected chi connectivity index (χ0v) is 16.5. The Morgan fingerprint density at radius 3 is 2.88 bits per heavy atom. The SMILES string of the molecule is C[C@@H]1CC[C@H](O)[C@@H]([C@@H]2CCCCN2CC(=O)Nc2ccccc2Br)C1. The van der Waals surface area contributed by atoms with Crippen LogP contribution in [-0.4, -0.2) is 41.1 Å². The Labute approximate surface area is 159 Å². The standard InChI is InChI=1S/C20H29BrN2O2/c1-14-9-10-19(24)15(12-14)18-8-4-5-11-23(18)13-20(25)22-17-7-3-2-6-16(17)21/h2-3,6-7,14-15,18-19,24H,4-5,8-13H2,1H3,(H,22,25)/t14-,15-,18+,19+/m1/s1. The Hall–Kier alpha value is -0.910. The van der Waals surface area contributed by atoms with Gasteiger partial charge < -0.3 is 10.4 Å². The number of likely N-dealkylation sites (tertiary alicyclic amines) is 1. The number of carbonyl (C=O) groups is 1. The van der Waals surface area contributed by atoms with E-state index in [1.54, 1.807) is 0 Å². The van der Waals surface area contributed by atoms with Crippen LogP contribution in [0.15, 0.2) is 28.7 Å². The second-order valence-electron chi connectivity index (χ2n) is 7.71. The van der Waals surface area contributed by atoms with E-state index in [1.165, 1.54) is 6.42 Å². The molecule has 3 rings (SSSR count). The van der Waals surface area contributed by atoms with Gasteiger partial charge in [0.2, 0.25) is 5.91 Å². The van der Waals surface area contributed by atoms with Crippen molar-refractivity contribution in [3.8, 4) is 0 Å². The number of piperidine rings is 1. The minimum Gasteiger partial charge on any atom is -0.393 e. The topological polar surface area (TPSA) is 52.6 Å². The van der Waals surface area contributed by atoms with Crippen molar-refractivity contribution in [3.05, 3.63) is 28.7 Å². The highest BCUT2D eigenvalue weighted by Crippen LogP contribution is 2.36. The van der Waals surface area contributed by atoms with E-state index in [4.69, 9.17) is 0 Å². The third-order valence-corrected chi connectivity index (χ3v) is 6.47. The summed E-state index contributed by atoms with van der Waals surface area (Å²) in [7, 11) is 0. The molecule has 5 heteroatoms. The number of aliphatic hydroxyl groups excluding tert-OH is 1. The van der Waals surface area contributed by atoms with Gasteiger partial charge in [0.25, 0.3) is 0 Å². The van der Waals surface area contributed by atoms with Gasteiger partial charge in [-0.05, 0) is 72.6 Å². The molecule has 0 bridgehead atoms. The van der Waals surface area contributed by atoms with E-state index in [1.807, 2.05) is 24.3 Å². The number of rotatable bonds is 4. The number of nitrogens with one attached hydrogen (secondary N) is 1. The Kier molecular flexibility index (Phi) is 6.53. The number of anilines is 1. The minimum absolute atomic E-state index is 0.0251. The fraction of sp³-hybridized carbons (Fsp3) is 0.650. The van der Waals surface area contributed by atoms with E-state index >= 15 is 0 Å². The predicted molar refractivity (Wildman–Crippen MR) is 104 cm³/mol. The maximum atomic E-state index is 12.6. The molecule has 25 heavy (non-hydrogen) atoms. The number of hydrogen-bond acceptors (Lipinski definition) is 3. The zero-order chi connectivity index (χ0) is 17.8. The molecule has 1 heterocycles. The first-order chi connectivity index (χ1) is 12.0. The van der Waals surface area contributed by atoms with Gasteiger partial charge in [0, 0.05) is 16.4 Å². The van der Waals surface area contributed by atoms with Gasteiger partial charge in [-0.3, -0.25) is 9.69 Å². The van der Waals surface area contributed by atoms with Crippen LogP contribution in [0.25, 0.3) is 0 Å². The van der Waals surface area contributed by atoms with Gasteiger partial charge in [0.15, 0.2) is 0 Å². The molecular weight excluding hydrogens is 380 g/mol. The van der Waals surface area contributed by atoms with Crippen LogP contribution in [0, 0.1) is 11.8 Å². The van der Waals surface area contributed by atoms with Crippen LogP contribution in [0.5, 0.6) is 0 Å². The molecule has 0 spiro atoms. The van der Waals surface area contributed by atoms with E-state index < -0.39 is 0 Å². The van der Waals surface area contributed by atoms with Crippen LogP contribution in [0.3, 0.4) is 0 Å². The Bertz CT molecular complexity index is 595. The molecule has 1 amide bonds. The monoisotopic (exact) mass is 408 g/mol. The summed E-state index contributed by atoms with van der Waals surface area (Å²) >= 11 is 3.48. The quantitative estimate of drug-likeness (QED) is 0.789. The molecule has 0 aromatic heterocycles. The number of benzene rings is 1. The molecule has 4 atom stereocenters. The molecule has 2 aliphatic rings. The number of halogens is 1. The second kappa shape index (κ2) is 8.65. The average Bonchev–Trinajstić information content (AvgIpc) is 2.60. The highest BCUT2D eigenvalue weighted by atomic mass is 79.9. The van der Waals surface area contributed by atoms with Gasteiger partial charge in [-0.1, -0.05) is 25.5 Å². The maximum Gasteiger partial charge on any atom is 0.238 e. The number of carbonyl (C=O) groups excluding carboxylic acids is 1. The van der Waals surface area contributed by atoms with Gasteiger partial charge >= 0.3 is 0 Å². The normalized spacial score (nSPS) is 30.8. The number of para-hydroxylation sites is 1. The molecule has 1 aromatic carbocycles. The molecule has 1 aliphatic heterocycles. The molecule has 1 aromatic rings. The third kappa shape index (κ3) is 4.83. The van der Waals surface area contributed by atoms with Gasteiger partial charge in [0.05, 0.1) is 18.3 Å². The third-order valence-electron chi connectivity index (χ3n) is 5.78. The van der Waals surface area contributed by atoms with Crippen molar-refractivity contribution in [2.75, 3.05) is 18.4 Å². The lowest BCUT2D eigenvalue weighted by atomic mass is 9.74. The lowest BCUT2D eigenvalue weighted by molar-refractivity contribution is -0.119. The summed E-state index contributed by atoms with van der Waals surface area (Å²) < 4.78 is 0.898. The number of hydrogen-bond donors (Lipinski definition) is 2. The minimum atomic E-state index is -0.215. The van der Waals surface area contributed by atoms with Gasteiger partial charge in [-0.2, -0.15) is 0 Å². The predicted octanol–water partition coefficient (Wildman–Crippen LogP) is 4.04. The molecule has 2 fully saturated rings. The Morgan fingerprint density at radius 2 is 2.08 bits per heavy atom. The summed E-state index contributed by atoms with van der Waals surface area (Å²) in [6.07, 6.45) is 6.31. The Balaban J connectivity index is 1.64. The van der Waals surface area contributed by atoms with Crippen LogP contribution < -0.4 is 5.32 Å². The first-order valence-corrected chi connectivity index (χ1v) is 10.3. The zero-order valence-electron chi connectivity index (χ0n) is 15.0. The van der Waals surface area contributed by atoms with E-state index in [2.05, 4.69) is 33.1 Å². The maximum absolute atomic E-state index is 12.6. The lowest BCUT2D eigenvalue weighted by Gasteiger charge is -2.44. The molecule has 1 saturated heterocycles. The number of nitrogens with zero attached hydrogens (tertiary/aromatic N) is 1. The second-order valence-corrected chi connectivity index (χ2v) is 8.57. The molecule has 4 nitrogen and oxygen atoms in total. The molecule has 1 saturated carbocycles. The molecule has 1 aliphatic carbocycles. The summed E-state index contributed by atoms with van der Waals surface area (Å²) in [6.45, 7) is 3.64. The van der Waals surface area contributed by atoms with Crippen LogP contribution in [0.4, 0.5) is 5.69 Å². The smallest absolute Gasteiger partial charge is 0.238 e. The van der Waals surface area contributed by atoms with E-state index in [-0.39, 0.29) is 12.0 Å². The van der Waals surface area contributed by atoms with Crippen LogP contribution in [0.1, 0.15) is 45.4 Å². The highest BCUT2D eigenvalue weighted by Gasteiger charge is 2.37. The van der Waals surface area contributed by atoms with Crippen LogP contribution >= 0.6 is 15.9 Å². The van der Waals surface area contributed by atoms with Crippen LogP contribution in [-0.2, 0) is 4.79 Å². The van der Waals surface area contributed by atoms with Crippen molar-refractivity contribution in [2.45, 2.75) is 57.6 Å². The largest absolute Gasteiger partial charge is 0.393 e. The van der Waals surface area contributed by atoms with E-state index in [0.717, 1.165) is 48.8 Å². The van der Waals surface area contributed by atoms with E-state index in [9.17, 15) is 9.90 Å². The average molecular weight is 409 g/mol. The number of amides is 1. The molecule has 138 valence electrons. The van der Waals surface area contributed by atoms with Crippen molar-refractivity contribution < 1.29 is 9.90 Å². The number of aliphatic hydroxyl groups is 1. The van der Waals surface area contributed by atoms with Gasteiger partial charge in [-0.25, -0.2) is 0 Å². The molecular formula is C20H29BrN2O2. The summed E-state index contributed by atoms with van der Waals surface area (Å²) in [6, 6.07) is 8.02. The summed E-state index contributed by atoms with van der Waals surface area (Å²) in [4.78, 5) is 14.9. The Morgan fingerprint density at radius 1 is 1.28 bits per heavy atom. The van der Waals surface area contributed by atoms with Crippen molar-refractivity contribution in [1.82, 2.24) is 4.90 Å². The van der Waals surface area contributed by atoms with E-state index in [0.29, 0.717) is 24.4 Å². The summed E-state index contributed by atoms with van der Waals surface area (Å²) in [5, 5.41) is 13.5. The lowest BCUT2D eigenvalue weighted by Crippen LogP contribution is -2.51. The fourth-order valence-electron chi connectivity index (χ4n) is 4.46. The van der Waals surface area contributed by atoms with Crippen molar-refractivity contribution in [2.24, 2.45) is 11.8 Å². The first kappa shape index (κ1) is 18.9. The summed E-state index contributed by atoms with van der Waals surface area (Å²) in [5.41, 5.74) is 0.812. The van der Waals surface area contributed by atoms with Crippen molar-refractivity contribution in [1.29, 1.82) is 0 Å².